The van der Waals surface area contributed by atoms with E-state index in [0.717, 1.165) is 18.2 Å². The van der Waals surface area contributed by atoms with E-state index in [9.17, 15) is 19.5 Å². The van der Waals surface area contributed by atoms with Crippen molar-refractivity contribution in [2.75, 3.05) is 19.6 Å². The van der Waals surface area contributed by atoms with E-state index in [4.69, 9.17) is 5.11 Å². The molecule has 2 N–H and O–H groups in total. The second-order valence-corrected chi connectivity index (χ2v) is 5.02. The highest BCUT2D eigenvalue weighted by Gasteiger charge is 2.44. The summed E-state index contributed by atoms with van der Waals surface area (Å²) in [5, 5.41) is 18.5. The standard InChI is InChI=1S/C11H16N2O5/c1-11(18,10(16)17)6-12-5-8(14)13-4-2-3-7(13)9(12)15/h7,18H,2-6H2,1H3,(H,16,17). The normalized spacial score (nSPS) is 27.1. The minimum absolute atomic E-state index is 0.154. The fourth-order valence-electron chi connectivity index (χ4n) is 2.44. The van der Waals surface area contributed by atoms with Gasteiger partial charge in [0, 0.05) is 6.54 Å². The molecule has 0 radical (unpaired) electrons. The van der Waals surface area contributed by atoms with Gasteiger partial charge in [0.1, 0.15) is 6.04 Å². The van der Waals surface area contributed by atoms with E-state index in [1.54, 1.807) is 0 Å². The van der Waals surface area contributed by atoms with Crippen molar-refractivity contribution in [3.8, 4) is 0 Å². The monoisotopic (exact) mass is 256 g/mol. The number of aliphatic hydroxyl groups is 1. The quantitative estimate of drug-likeness (QED) is 0.651. The number of fused-ring (bicyclic) bond motifs is 1. The third kappa shape index (κ3) is 2.05. The number of β-amino-alcohol motifs (C(OH)–C–C–N with tert-alkyl or cyclic N) is 1. The van der Waals surface area contributed by atoms with Gasteiger partial charge in [-0.1, -0.05) is 0 Å². The molecular formula is C11H16N2O5. The molecule has 2 saturated heterocycles. The average Bonchev–Trinajstić information content (AvgIpc) is 2.74. The summed E-state index contributed by atoms with van der Waals surface area (Å²) in [6.45, 7) is 1.18. The molecule has 0 aromatic heterocycles. The van der Waals surface area contributed by atoms with E-state index < -0.39 is 17.6 Å². The first-order chi connectivity index (χ1) is 8.33. The summed E-state index contributed by atoms with van der Waals surface area (Å²) < 4.78 is 0. The van der Waals surface area contributed by atoms with E-state index in [-0.39, 0.29) is 24.9 Å². The van der Waals surface area contributed by atoms with Gasteiger partial charge in [-0.15, -0.1) is 0 Å². The van der Waals surface area contributed by atoms with Crippen molar-refractivity contribution in [2.24, 2.45) is 0 Å². The number of carbonyl (C=O) groups is 3. The lowest BCUT2D eigenvalue weighted by molar-refractivity contribution is -0.165. The first kappa shape index (κ1) is 12.8. The van der Waals surface area contributed by atoms with Gasteiger partial charge in [-0.2, -0.15) is 0 Å². The van der Waals surface area contributed by atoms with E-state index in [1.807, 2.05) is 0 Å². The van der Waals surface area contributed by atoms with Gasteiger partial charge in [-0.25, -0.2) is 4.79 Å². The molecule has 18 heavy (non-hydrogen) atoms. The van der Waals surface area contributed by atoms with Crippen molar-refractivity contribution < 1.29 is 24.6 Å². The number of carbonyl (C=O) groups excluding carboxylic acids is 2. The number of nitrogens with zero attached hydrogens (tertiary/aromatic N) is 2. The Morgan fingerprint density at radius 1 is 1.50 bits per heavy atom. The summed E-state index contributed by atoms with van der Waals surface area (Å²) >= 11 is 0. The Labute approximate surface area is 104 Å². The number of rotatable bonds is 3. The van der Waals surface area contributed by atoms with Crippen LogP contribution in [0.1, 0.15) is 19.8 Å². The molecule has 0 bridgehead atoms. The Morgan fingerprint density at radius 3 is 2.78 bits per heavy atom. The van der Waals surface area contributed by atoms with Crippen LogP contribution in [0.4, 0.5) is 0 Å². The second kappa shape index (κ2) is 4.24. The maximum atomic E-state index is 12.1. The molecule has 2 fully saturated rings. The Morgan fingerprint density at radius 2 is 2.17 bits per heavy atom. The Bertz CT molecular complexity index is 406. The minimum Gasteiger partial charge on any atom is -0.479 e. The van der Waals surface area contributed by atoms with Crippen molar-refractivity contribution >= 4 is 17.8 Å². The SMILES string of the molecule is CC(O)(CN1CC(=O)N2CCCC2C1=O)C(=O)O. The zero-order valence-corrected chi connectivity index (χ0v) is 10.1. The molecule has 2 atom stereocenters. The van der Waals surface area contributed by atoms with E-state index in [2.05, 4.69) is 0 Å². The van der Waals surface area contributed by atoms with Gasteiger partial charge in [0.25, 0.3) is 0 Å². The molecule has 0 aliphatic carbocycles. The van der Waals surface area contributed by atoms with Crippen LogP contribution >= 0.6 is 0 Å². The fourth-order valence-corrected chi connectivity index (χ4v) is 2.44. The first-order valence-electron chi connectivity index (χ1n) is 5.87. The molecule has 2 amide bonds. The lowest BCUT2D eigenvalue weighted by Gasteiger charge is -2.38. The smallest absolute Gasteiger partial charge is 0.337 e. The van der Waals surface area contributed by atoms with Crippen LogP contribution in [0.5, 0.6) is 0 Å². The maximum Gasteiger partial charge on any atom is 0.337 e. The van der Waals surface area contributed by atoms with Crippen molar-refractivity contribution in [3.63, 3.8) is 0 Å². The van der Waals surface area contributed by atoms with Crippen LogP contribution in [0, 0.1) is 0 Å². The van der Waals surface area contributed by atoms with Crippen LogP contribution in [0.15, 0.2) is 0 Å². The highest BCUT2D eigenvalue weighted by molar-refractivity contribution is 5.95. The van der Waals surface area contributed by atoms with Crippen LogP contribution in [-0.2, 0) is 14.4 Å². The zero-order valence-electron chi connectivity index (χ0n) is 10.1. The predicted octanol–water partition coefficient (Wildman–Crippen LogP) is -1.34. The second-order valence-electron chi connectivity index (χ2n) is 5.02. The third-order valence-corrected chi connectivity index (χ3v) is 3.46. The Kier molecular flexibility index (Phi) is 3.02. The van der Waals surface area contributed by atoms with E-state index in [1.165, 1.54) is 4.90 Å². The molecule has 7 heteroatoms. The highest BCUT2D eigenvalue weighted by atomic mass is 16.4. The molecule has 0 aromatic rings. The zero-order chi connectivity index (χ0) is 13.5. The number of piperazine rings is 1. The summed E-state index contributed by atoms with van der Waals surface area (Å²) in [7, 11) is 0. The van der Waals surface area contributed by atoms with Crippen LogP contribution in [0.25, 0.3) is 0 Å². The average molecular weight is 256 g/mol. The molecular weight excluding hydrogens is 240 g/mol. The molecule has 0 aromatic carbocycles. The van der Waals surface area contributed by atoms with Gasteiger partial charge >= 0.3 is 5.97 Å². The lowest BCUT2D eigenvalue weighted by atomic mass is 10.0. The summed E-state index contributed by atoms with van der Waals surface area (Å²) in [6.07, 6.45) is 1.39. The highest BCUT2D eigenvalue weighted by Crippen LogP contribution is 2.24. The summed E-state index contributed by atoms with van der Waals surface area (Å²) in [6, 6.07) is -0.476. The molecule has 2 unspecified atom stereocenters. The molecule has 0 spiro atoms. The maximum absolute atomic E-state index is 12.1. The molecule has 100 valence electrons. The van der Waals surface area contributed by atoms with Crippen molar-refractivity contribution in [3.05, 3.63) is 0 Å². The summed E-state index contributed by atoms with van der Waals surface area (Å²) in [5.41, 5.74) is -2.03. The lowest BCUT2D eigenvalue weighted by Crippen LogP contribution is -2.61. The third-order valence-electron chi connectivity index (χ3n) is 3.46. The van der Waals surface area contributed by atoms with Crippen molar-refractivity contribution in [1.82, 2.24) is 9.80 Å². The van der Waals surface area contributed by atoms with E-state index in [0.29, 0.717) is 13.0 Å². The van der Waals surface area contributed by atoms with Gasteiger partial charge in [-0.05, 0) is 19.8 Å². The number of aliphatic carboxylic acids is 1. The Balaban J connectivity index is 2.13. The molecule has 0 saturated carbocycles. The van der Waals surface area contributed by atoms with Crippen LogP contribution < -0.4 is 0 Å². The molecule has 2 aliphatic heterocycles. The molecule has 2 heterocycles. The van der Waals surface area contributed by atoms with Gasteiger partial charge in [0.05, 0.1) is 13.1 Å². The summed E-state index contributed by atoms with van der Waals surface area (Å²) in [4.78, 5) is 37.4. The topological polar surface area (TPSA) is 98.2 Å². The summed E-state index contributed by atoms with van der Waals surface area (Å²) in [5.74, 6) is -1.86. The predicted molar refractivity (Wildman–Crippen MR) is 59.6 cm³/mol. The molecule has 2 aliphatic rings. The van der Waals surface area contributed by atoms with Crippen molar-refractivity contribution in [1.29, 1.82) is 0 Å². The number of carboxylic acids is 1. The molecule has 7 nitrogen and oxygen atoms in total. The Hall–Kier alpha value is -1.63. The van der Waals surface area contributed by atoms with Gasteiger partial charge in [-0.3, -0.25) is 9.59 Å². The van der Waals surface area contributed by atoms with E-state index >= 15 is 0 Å². The van der Waals surface area contributed by atoms with Gasteiger partial charge in [0.15, 0.2) is 5.60 Å². The largest absolute Gasteiger partial charge is 0.479 e. The van der Waals surface area contributed by atoms with Gasteiger partial charge < -0.3 is 20.0 Å². The van der Waals surface area contributed by atoms with Crippen LogP contribution in [0.3, 0.4) is 0 Å². The number of hydrogen-bond acceptors (Lipinski definition) is 4. The number of amides is 2. The minimum atomic E-state index is -2.03. The fraction of sp³-hybridized carbons (Fsp3) is 0.727. The first-order valence-corrected chi connectivity index (χ1v) is 5.87. The van der Waals surface area contributed by atoms with Crippen LogP contribution in [-0.4, -0.2) is 69.1 Å². The van der Waals surface area contributed by atoms with Gasteiger partial charge in [0.2, 0.25) is 11.8 Å². The molecule has 2 rings (SSSR count). The van der Waals surface area contributed by atoms with Crippen molar-refractivity contribution in [2.45, 2.75) is 31.4 Å². The number of carboxylic acid groups (broad SMARTS) is 1. The van der Waals surface area contributed by atoms with Crippen LogP contribution in [0.2, 0.25) is 0 Å². The number of hydrogen-bond donors (Lipinski definition) is 2.